The van der Waals surface area contributed by atoms with E-state index in [0.717, 1.165) is 6.39 Å². The minimum Gasteiger partial charge on any atom is -0.497 e. The Labute approximate surface area is 91.2 Å². The zero-order chi connectivity index (χ0) is 11.4. The third-order valence-electron chi connectivity index (χ3n) is 1.93. The molecule has 1 aromatic heterocycles. The van der Waals surface area contributed by atoms with Crippen LogP contribution in [0, 0.1) is 0 Å². The van der Waals surface area contributed by atoms with Crippen LogP contribution < -0.4 is 10.1 Å². The molecule has 2 rings (SSSR count). The minimum absolute atomic E-state index is 0.0702. The second-order valence-corrected chi connectivity index (χ2v) is 2.93. The average Bonchev–Trinajstić information content (AvgIpc) is 2.82. The van der Waals surface area contributed by atoms with Gasteiger partial charge >= 0.3 is 6.01 Å². The van der Waals surface area contributed by atoms with E-state index in [1.54, 1.807) is 31.4 Å². The highest BCUT2D eigenvalue weighted by atomic mass is 16.5. The lowest BCUT2D eigenvalue weighted by Crippen LogP contribution is -2.11. The molecule has 1 heterocycles. The molecule has 1 amide bonds. The Hall–Kier alpha value is -2.37. The molecule has 0 spiro atoms. The molecule has 0 unspecified atom stereocenters. The normalized spacial score (nSPS) is 9.81. The fourth-order valence-corrected chi connectivity index (χ4v) is 1.14. The Bertz CT molecular complexity index is 465. The second-order valence-electron chi connectivity index (χ2n) is 2.93. The Morgan fingerprint density at radius 3 is 2.69 bits per heavy atom. The SMILES string of the molecule is COc1ccc(C(=O)Nc2nnco2)cc1. The molecule has 0 atom stereocenters. The van der Waals surface area contributed by atoms with Gasteiger partial charge in [0, 0.05) is 5.56 Å². The Morgan fingerprint density at radius 2 is 2.12 bits per heavy atom. The van der Waals surface area contributed by atoms with Crippen LogP contribution >= 0.6 is 0 Å². The van der Waals surface area contributed by atoms with Crippen molar-refractivity contribution < 1.29 is 13.9 Å². The number of aromatic nitrogens is 2. The molecule has 1 N–H and O–H groups in total. The molecule has 0 radical (unpaired) electrons. The van der Waals surface area contributed by atoms with Crippen molar-refractivity contribution in [2.75, 3.05) is 12.4 Å². The summed E-state index contributed by atoms with van der Waals surface area (Å²) in [6.45, 7) is 0. The van der Waals surface area contributed by atoms with Crippen LogP contribution in [0.2, 0.25) is 0 Å². The van der Waals surface area contributed by atoms with Crippen LogP contribution in [0.15, 0.2) is 35.1 Å². The Kier molecular flexibility index (Phi) is 2.81. The molecule has 6 heteroatoms. The second kappa shape index (κ2) is 4.43. The molecule has 1 aromatic carbocycles. The molecule has 82 valence electrons. The van der Waals surface area contributed by atoms with Gasteiger partial charge in [-0.2, -0.15) is 0 Å². The predicted octanol–water partition coefficient (Wildman–Crippen LogP) is 1.33. The van der Waals surface area contributed by atoms with Crippen LogP contribution in [-0.2, 0) is 0 Å². The third-order valence-corrected chi connectivity index (χ3v) is 1.93. The number of anilines is 1. The van der Waals surface area contributed by atoms with Crippen LogP contribution in [0.3, 0.4) is 0 Å². The zero-order valence-corrected chi connectivity index (χ0v) is 8.51. The molecule has 6 nitrogen and oxygen atoms in total. The van der Waals surface area contributed by atoms with E-state index in [4.69, 9.17) is 9.15 Å². The quantitative estimate of drug-likeness (QED) is 0.842. The molecule has 0 saturated heterocycles. The van der Waals surface area contributed by atoms with Crippen molar-refractivity contribution in [3.05, 3.63) is 36.2 Å². The number of methoxy groups -OCH3 is 1. The molecule has 2 aromatic rings. The van der Waals surface area contributed by atoms with Crippen molar-refractivity contribution in [3.8, 4) is 5.75 Å². The first-order valence-corrected chi connectivity index (χ1v) is 4.51. The molecule has 0 fully saturated rings. The fourth-order valence-electron chi connectivity index (χ4n) is 1.14. The Balaban J connectivity index is 2.09. The Morgan fingerprint density at radius 1 is 1.38 bits per heavy atom. The highest BCUT2D eigenvalue weighted by molar-refractivity contribution is 6.03. The minimum atomic E-state index is -0.313. The van der Waals surface area contributed by atoms with Crippen molar-refractivity contribution >= 4 is 11.9 Å². The summed E-state index contributed by atoms with van der Waals surface area (Å²) in [4.78, 5) is 11.6. The molecule has 0 saturated carbocycles. The van der Waals surface area contributed by atoms with E-state index in [9.17, 15) is 4.79 Å². The van der Waals surface area contributed by atoms with Crippen LogP contribution in [-0.4, -0.2) is 23.2 Å². The first kappa shape index (κ1) is 10.2. The van der Waals surface area contributed by atoms with Gasteiger partial charge in [-0.3, -0.25) is 10.1 Å². The number of hydrogen-bond donors (Lipinski definition) is 1. The monoisotopic (exact) mass is 219 g/mol. The van der Waals surface area contributed by atoms with Gasteiger partial charge in [0.15, 0.2) is 0 Å². The predicted molar refractivity (Wildman–Crippen MR) is 55.2 cm³/mol. The summed E-state index contributed by atoms with van der Waals surface area (Å²) in [6.07, 6.45) is 1.14. The number of nitrogens with zero attached hydrogens (tertiary/aromatic N) is 2. The van der Waals surface area contributed by atoms with Crippen LogP contribution in [0.5, 0.6) is 5.75 Å². The number of carbonyl (C=O) groups is 1. The molecular formula is C10H9N3O3. The van der Waals surface area contributed by atoms with Gasteiger partial charge in [0.05, 0.1) is 7.11 Å². The van der Waals surface area contributed by atoms with Crippen molar-refractivity contribution in [1.29, 1.82) is 0 Å². The number of amides is 1. The molecule has 0 bridgehead atoms. The van der Waals surface area contributed by atoms with Gasteiger partial charge in [0.25, 0.3) is 5.91 Å². The van der Waals surface area contributed by atoms with Crippen molar-refractivity contribution in [3.63, 3.8) is 0 Å². The lowest BCUT2D eigenvalue weighted by molar-refractivity contribution is 0.102. The van der Waals surface area contributed by atoms with E-state index in [1.165, 1.54) is 0 Å². The van der Waals surface area contributed by atoms with Gasteiger partial charge in [0.1, 0.15) is 5.75 Å². The number of benzene rings is 1. The van der Waals surface area contributed by atoms with Gasteiger partial charge in [-0.1, -0.05) is 5.10 Å². The fraction of sp³-hybridized carbons (Fsp3) is 0.100. The van der Waals surface area contributed by atoms with Crippen molar-refractivity contribution in [1.82, 2.24) is 10.2 Å². The highest BCUT2D eigenvalue weighted by Crippen LogP contribution is 2.12. The van der Waals surface area contributed by atoms with E-state index in [1.807, 2.05) is 0 Å². The largest absolute Gasteiger partial charge is 0.497 e. The summed E-state index contributed by atoms with van der Waals surface area (Å²) in [5.74, 6) is 0.376. The smallest absolute Gasteiger partial charge is 0.322 e. The van der Waals surface area contributed by atoms with Gasteiger partial charge in [-0.15, -0.1) is 5.10 Å². The number of hydrogen-bond acceptors (Lipinski definition) is 5. The van der Waals surface area contributed by atoms with E-state index < -0.39 is 0 Å². The molecule has 0 aliphatic heterocycles. The van der Waals surface area contributed by atoms with E-state index in [2.05, 4.69) is 15.5 Å². The summed E-state index contributed by atoms with van der Waals surface area (Å²) < 4.78 is 9.77. The number of ether oxygens (including phenoxy) is 1. The van der Waals surface area contributed by atoms with Crippen molar-refractivity contribution in [2.45, 2.75) is 0 Å². The maximum absolute atomic E-state index is 11.6. The summed E-state index contributed by atoms with van der Waals surface area (Å²) in [6, 6.07) is 6.75. The molecule has 0 aliphatic carbocycles. The average molecular weight is 219 g/mol. The van der Waals surface area contributed by atoms with E-state index in [0.29, 0.717) is 11.3 Å². The lowest BCUT2D eigenvalue weighted by atomic mass is 10.2. The summed E-state index contributed by atoms with van der Waals surface area (Å²) in [5, 5.41) is 9.44. The topological polar surface area (TPSA) is 77.2 Å². The summed E-state index contributed by atoms with van der Waals surface area (Å²) in [7, 11) is 1.56. The number of carbonyl (C=O) groups excluding carboxylic acids is 1. The van der Waals surface area contributed by atoms with Crippen LogP contribution in [0.4, 0.5) is 6.01 Å². The van der Waals surface area contributed by atoms with Gasteiger partial charge in [0.2, 0.25) is 6.39 Å². The molecule has 16 heavy (non-hydrogen) atoms. The van der Waals surface area contributed by atoms with Gasteiger partial charge in [-0.05, 0) is 24.3 Å². The maximum atomic E-state index is 11.6. The van der Waals surface area contributed by atoms with E-state index in [-0.39, 0.29) is 11.9 Å². The van der Waals surface area contributed by atoms with E-state index >= 15 is 0 Å². The summed E-state index contributed by atoms with van der Waals surface area (Å²) >= 11 is 0. The maximum Gasteiger partial charge on any atom is 0.322 e. The third kappa shape index (κ3) is 2.17. The lowest BCUT2D eigenvalue weighted by Gasteiger charge is -2.02. The van der Waals surface area contributed by atoms with Crippen molar-refractivity contribution in [2.24, 2.45) is 0 Å². The molecule has 0 aliphatic rings. The van der Waals surface area contributed by atoms with Gasteiger partial charge < -0.3 is 9.15 Å². The number of nitrogens with one attached hydrogen (secondary N) is 1. The zero-order valence-electron chi connectivity index (χ0n) is 8.51. The van der Waals surface area contributed by atoms with Crippen LogP contribution in [0.25, 0.3) is 0 Å². The highest BCUT2D eigenvalue weighted by Gasteiger charge is 2.08. The summed E-state index contributed by atoms with van der Waals surface area (Å²) in [5.41, 5.74) is 0.485. The molecular weight excluding hydrogens is 210 g/mol. The van der Waals surface area contributed by atoms with Crippen LogP contribution in [0.1, 0.15) is 10.4 Å². The number of rotatable bonds is 3. The van der Waals surface area contributed by atoms with Gasteiger partial charge in [-0.25, -0.2) is 0 Å². The standard InChI is InChI=1S/C10H9N3O3/c1-15-8-4-2-7(3-5-8)9(14)12-10-13-11-6-16-10/h2-6H,1H3,(H,12,13,14). The first-order chi connectivity index (χ1) is 7.79. The first-order valence-electron chi connectivity index (χ1n) is 4.51.